The summed E-state index contributed by atoms with van der Waals surface area (Å²) < 4.78 is 0. The first-order valence-corrected chi connectivity index (χ1v) is 4.93. The molecule has 1 rings (SSSR count). The van der Waals surface area contributed by atoms with Gasteiger partial charge in [0.1, 0.15) is 5.54 Å². The Balaban J connectivity index is 0.00000225. The first-order valence-electron chi connectivity index (χ1n) is 4.56. The number of nitrogens with zero attached hydrogens (tertiary/aromatic N) is 1. The average Bonchev–Trinajstić information content (AvgIpc) is 2.15. The number of hydrogen-bond acceptors (Lipinski definition) is 2. The summed E-state index contributed by atoms with van der Waals surface area (Å²) in [6, 6.07) is 6.92. The van der Waals surface area contributed by atoms with Gasteiger partial charge in [-0.1, -0.05) is 23.7 Å². The second-order valence-corrected chi connectivity index (χ2v) is 4.22. The molecule has 0 spiro atoms. The van der Waals surface area contributed by atoms with Crippen molar-refractivity contribution >= 4 is 30.0 Å². The van der Waals surface area contributed by atoms with E-state index < -0.39 is 11.5 Å². The molecule has 16 heavy (non-hydrogen) atoms. The summed E-state index contributed by atoms with van der Waals surface area (Å²) in [5.74, 6) is -0.894. The fourth-order valence-corrected chi connectivity index (χ4v) is 1.55. The lowest BCUT2D eigenvalue weighted by Crippen LogP contribution is -2.45. The van der Waals surface area contributed by atoms with E-state index in [-0.39, 0.29) is 12.4 Å². The Morgan fingerprint density at radius 2 is 2.00 bits per heavy atom. The Hall–Kier alpha value is -0.770. The van der Waals surface area contributed by atoms with E-state index in [2.05, 4.69) is 0 Å². The number of aliphatic carboxylic acids is 1. The molecular weight excluding hydrogens is 249 g/mol. The van der Waals surface area contributed by atoms with Crippen molar-refractivity contribution in [2.24, 2.45) is 0 Å². The van der Waals surface area contributed by atoms with Crippen molar-refractivity contribution in [3.8, 4) is 0 Å². The monoisotopic (exact) mass is 263 g/mol. The predicted octanol–water partition coefficient (Wildman–Crippen LogP) is 2.62. The van der Waals surface area contributed by atoms with Crippen LogP contribution in [0.4, 0.5) is 0 Å². The van der Waals surface area contributed by atoms with Gasteiger partial charge in [0.2, 0.25) is 0 Å². The third-order valence-electron chi connectivity index (χ3n) is 2.70. The second-order valence-electron chi connectivity index (χ2n) is 3.78. The predicted molar refractivity (Wildman–Crippen MR) is 67.4 cm³/mol. The third kappa shape index (κ3) is 2.67. The average molecular weight is 264 g/mol. The molecule has 0 amide bonds. The number of halogens is 2. The van der Waals surface area contributed by atoms with Gasteiger partial charge >= 0.3 is 5.97 Å². The maximum absolute atomic E-state index is 11.3. The number of hydrogen-bond donors (Lipinski definition) is 1. The highest BCUT2D eigenvalue weighted by atomic mass is 35.5. The minimum Gasteiger partial charge on any atom is -0.480 e. The highest BCUT2D eigenvalue weighted by Gasteiger charge is 2.37. The van der Waals surface area contributed by atoms with Crippen LogP contribution in [0.25, 0.3) is 0 Å². The van der Waals surface area contributed by atoms with E-state index in [1.165, 1.54) is 0 Å². The molecule has 0 aromatic heterocycles. The van der Waals surface area contributed by atoms with Gasteiger partial charge in [0.15, 0.2) is 0 Å². The van der Waals surface area contributed by atoms with Crippen LogP contribution in [0.3, 0.4) is 0 Å². The molecule has 5 heteroatoms. The zero-order valence-corrected chi connectivity index (χ0v) is 11.0. The molecule has 0 fully saturated rings. The first kappa shape index (κ1) is 15.2. The van der Waals surface area contributed by atoms with E-state index in [0.717, 1.165) is 0 Å². The van der Waals surface area contributed by atoms with Crippen LogP contribution in [0.15, 0.2) is 24.3 Å². The number of likely N-dealkylation sites (N-methyl/N-ethyl adjacent to an activating group) is 1. The van der Waals surface area contributed by atoms with Crippen molar-refractivity contribution in [1.29, 1.82) is 0 Å². The van der Waals surface area contributed by atoms with E-state index in [9.17, 15) is 9.90 Å². The Labute approximate surface area is 106 Å². The number of carboxylic acids is 1. The maximum Gasteiger partial charge on any atom is 0.328 e. The SMILES string of the molecule is CN(C)C(C)(C(=O)O)c1cccc(Cl)c1.Cl. The molecule has 0 bridgehead atoms. The van der Waals surface area contributed by atoms with Gasteiger partial charge in [0, 0.05) is 5.02 Å². The van der Waals surface area contributed by atoms with E-state index in [1.807, 2.05) is 0 Å². The van der Waals surface area contributed by atoms with E-state index in [4.69, 9.17) is 11.6 Å². The van der Waals surface area contributed by atoms with E-state index in [0.29, 0.717) is 10.6 Å². The van der Waals surface area contributed by atoms with Gasteiger partial charge in [-0.15, -0.1) is 12.4 Å². The van der Waals surface area contributed by atoms with Crippen molar-refractivity contribution in [2.75, 3.05) is 14.1 Å². The van der Waals surface area contributed by atoms with Crippen LogP contribution in [0.5, 0.6) is 0 Å². The molecule has 3 nitrogen and oxygen atoms in total. The molecule has 1 unspecified atom stereocenters. The minimum atomic E-state index is -1.05. The van der Waals surface area contributed by atoms with Gasteiger partial charge in [-0.25, -0.2) is 4.79 Å². The van der Waals surface area contributed by atoms with E-state index >= 15 is 0 Å². The van der Waals surface area contributed by atoms with E-state index in [1.54, 1.807) is 50.2 Å². The minimum absolute atomic E-state index is 0. The zero-order valence-electron chi connectivity index (χ0n) is 9.40. The van der Waals surface area contributed by atoms with Crippen molar-refractivity contribution in [3.63, 3.8) is 0 Å². The number of carboxylic acid groups (broad SMARTS) is 1. The van der Waals surface area contributed by atoms with Crippen LogP contribution < -0.4 is 0 Å². The number of rotatable bonds is 3. The molecule has 0 radical (unpaired) electrons. The van der Waals surface area contributed by atoms with Crippen LogP contribution in [0.2, 0.25) is 5.02 Å². The van der Waals surface area contributed by atoms with Gasteiger partial charge in [0.25, 0.3) is 0 Å². The fourth-order valence-electron chi connectivity index (χ4n) is 1.36. The van der Waals surface area contributed by atoms with Crippen LogP contribution in [-0.2, 0) is 10.3 Å². The summed E-state index contributed by atoms with van der Waals surface area (Å²) in [4.78, 5) is 12.9. The van der Waals surface area contributed by atoms with Crippen LogP contribution in [-0.4, -0.2) is 30.1 Å². The summed E-state index contributed by atoms with van der Waals surface area (Å²) in [6.45, 7) is 1.65. The van der Waals surface area contributed by atoms with Gasteiger partial charge < -0.3 is 5.11 Å². The maximum atomic E-state index is 11.3. The number of carbonyl (C=O) groups is 1. The fraction of sp³-hybridized carbons (Fsp3) is 0.364. The molecule has 1 atom stereocenters. The van der Waals surface area contributed by atoms with Gasteiger partial charge in [-0.3, -0.25) is 4.90 Å². The van der Waals surface area contributed by atoms with Crippen molar-refractivity contribution in [1.82, 2.24) is 4.90 Å². The molecule has 90 valence electrons. The molecule has 0 heterocycles. The van der Waals surface area contributed by atoms with Crippen molar-refractivity contribution in [2.45, 2.75) is 12.5 Å². The normalized spacial score (nSPS) is 14.1. The lowest BCUT2D eigenvalue weighted by molar-refractivity contribution is -0.149. The van der Waals surface area contributed by atoms with Gasteiger partial charge in [-0.2, -0.15) is 0 Å². The Morgan fingerprint density at radius 1 is 1.44 bits per heavy atom. The highest BCUT2D eigenvalue weighted by Crippen LogP contribution is 2.28. The highest BCUT2D eigenvalue weighted by molar-refractivity contribution is 6.30. The summed E-state index contributed by atoms with van der Waals surface area (Å²) in [7, 11) is 3.46. The largest absolute Gasteiger partial charge is 0.480 e. The van der Waals surface area contributed by atoms with Crippen molar-refractivity contribution < 1.29 is 9.90 Å². The summed E-state index contributed by atoms with van der Waals surface area (Å²) >= 11 is 5.85. The van der Waals surface area contributed by atoms with Crippen molar-refractivity contribution in [3.05, 3.63) is 34.9 Å². The zero-order chi connectivity index (χ0) is 11.6. The summed E-state index contributed by atoms with van der Waals surface area (Å²) in [6.07, 6.45) is 0. The molecule has 0 saturated carbocycles. The first-order chi connectivity index (χ1) is 6.89. The Morgan fingerprint density at radius 3 is 2.38 bits per heavy atom. The second kappa shape index (κ2) is 5.53. The molecule has 0 aliphatic rings. The van der Waals surface area contributed by atoms with Gasteiger partial charge in [0.05, 0.1) is 0 Å². The molecular formula is C11H15Cl2NO2. The Bertz CT molecular complexity index is 382. The molecule has 0 aliphatic carbocycles. The summed E-state index contributed by atoms with van der Waals surface area (Å²) in [5, 5.41) is 9.81. The standard InChI is InChI=1S/C11H14ClNO2.ClH/c1-11(10(14)15,13(2)3)8-5-4-6-9(12)7-8;/h4-7H,1-3H3,(H,14,15);1H. The van der Waals surface area contributed by atoms with Crippen LogP contribution in [0, 0.1) is 0 Å². The van der Waals surface area contributed by atoms with Gasteiger partial charge in [-0.05, 0) is 38.7 Å². The Kier molecular flexibility index (Phi) is 5.26. The molecule has 0 aliphatic heterocycles. The topological polar surface area (TPSA) is 40.5 Å². The molecule has 1 N–H and O–H groups in total. The molecule has 1 aromatic carbocycles. The van der Waals surface area contributed by atoms with Crippen LogP contribution in [0.1, 0.15) is 12.5 Å². The molecule has 0 saturated heterocycles. The quantitative estimate of drug-likeness (QED) is 0.912. The lowest BCUT2D eigenvalue weighted by Gasteiger charge is -2.32. The van der Waals surface area contributed by atoms with Crippen LogP contribution >= 0.6 is 24.0 Å². The third-order valence-corrected chi connectivity index (χ3v) is 2.93. The molecule has 1 aromatic rings. The lowest BCUT2D eigenvalue weighted by atomic mass is 9.91. The smallest absolute Gasteiger partial charge is 0.328 e. The number of benzene rings is 1. The summed E-state index contributed by atoms with van der Waals surface area (Å²) in [5.41, 5.74) is -0.377.